The minimum absolute atomic E-state index is 0.180. The third-order valence-electron chi connectivity index (χ3n) is 5.83. The number of likely N-dealkylation sites (N-methyl/N-ethyl adjacent to an activating group) is 1. The maximum Gasteiger partial charge on any atom is 0.408 e. The molecule has 0 saturated carbocycles. The summed E-state index contributed by atoms with van der Waals surface area (Å²) in [6.07, 6.45) is 8.60. The lowest BCUT2D eigenvalue weighted by atomic mass is 9.94. The Hall–Kier alpha value is -3.01. The zero-order valence-corrected chi connectivity index (χ0v) is 22.4. The van der Waals surface area contributed by atoms with Gasteiger partial charge in [-0.2, -0.15) is 0 Å². The Balaban J connectivity index is 3.40. The number of carbonyl (C=O) groups excluding carboxylic acids is 3. The summed E-state index contributed by atoms with van der Waals surface area (Å²) in [6.45, 7) is 13.8. The van der Waals surface area contributed by atoms with E-state index >= 15 is 0 Å². The number of hydrogen-bond donors (Lipinski definition) is 2. The van der Waals surface area contributed by atoms with Crippen molar-refractivity contribution in [3.63, 3.8) is 0 Å². The van der Waals surface area contributed by atoms with Crippen molar-refractivity contribution in [1.82, 2.24) is 15.5 Å². The van der Waals surface area contributed by atoms with Gasteiger partial charge in [-0.15, -0.1) is 6.42 Å². The number of benzene rings is 1. The van der Waals surface area contributed by atoms with Crippen molar-refractivity contribution in [3.05, 3.63) is 35.4 Å². The van der Waals surface area contributed by atoms with Gasteiger partial charge < -0.3 is 20.3 Å². The highest BCUT2D eigenvalue weighted by Crippen LogP contribution is 2.27. The van der Waals surface area contributed by atoms with Crippen LogP contribution in [0.25, 0.3) is 0 Å². The molecule has 1 aromatic carbocycles. The SMILES string of the molecule is C#Cc1ccccc1C(C(=O)NCCCCC)N(CC)C(=O)C(NC(=O)OC(C)(C)C)C(C)CC. The maximum absolute atomic E-state index is 13.9. The number of rotatable bonds is 12. The van der Waals surface area contributed by atoms with Crippen LogP contribution in [0, 0.1) is 18.3 Å². The van der Waals surface area contributed by atoms with E-state index in [-0.39, 0.29) is 24.3 Å². The monoisotopic (exact) mass is 485 g/mol. The van der Waals surface area contributed by atoms with Gasteiger partial charge in [-0.3, -0.25) is 9.59 Å². The van der Waals surface area contributed by atoms with Crippen LogP contribution in [0.3, 0.4) is 0 Å². The minimum Gasteiger partial charge on any atom is -0.444 e. The largest absolute Gasteiger partial charge is 0.444 e. The van der Waals surface area contributed by atoms with E-state index in [1.807, 2.05) is 20.8 Å². The quantitative estimate of drug-likeness (QED) is 0.329. The Morgan fingerprint density at radius 2 is 1.77 bits per heavy atom. The predicted molar refractivity (Wildman–Crippen MR) is 140 cm³/mol. The van der Waals surface area contributed by atoms with Crippen molar-refractivity contribution >= 4 is 17.9 Å². The van der Waals surface area contributed by atoms with E-state index in [9.17, 15) is 14.4 Å². The van der Waals surface area contributed by atoms with E-state index in [0.29, 0.717) is 24.1 Å². The Bertz CT molecular complexity index is 885. The van der Waals surface area contributed by atoms with E-state index in [4.69, 9.17) is 11.2 Å². The molecule has 0 heterocycles. The molecule has 0 spiro atoms. The molecule has 35 heavy (non-hydrogen) atoms. The fourth-order valence-electron chi connectivity index (χ4n) is 3.76. The number of ether oxygens (including phenoxy) is 1. The highest BCUT2D eigenvalue weighted by molar-refractivity contribution is 5.92. The molecular formula is C28H43N3O4. The van der Waals surface area contributed by atoms with Gasteiger partial charge in [0.15, 0.2) is 0 Å². The molecule has 3 atom stereocenters. The molecule has 7 nitrogen and oxygen atoms in total. The van der Waals surface area contributed by atoms with Gasteiger partial charge in [0.05, 0.1) is 0 Å². The van der Waals surface area contributed by atoms with Gasteiger partial charge in [0.25, 0.3) is 0 Å². The van der Waals surface area contributed by atoms with E-state index in [0.717, 1.165) is 19.3 Å². The van der Waals surface area contributed by atoms with Gasteiger partial charge in [0.1, 0.15) is 17.7 Å². The van der Waals surface area contributed by atoms with Crippen LogP contribution in [-0.2, 0) is 14.3 Å². The fourth-order valence-corrected chi connectivity index (χ4v) is 3.76. The van der Waals surface area contributed by atoms with E-state index in [1.165, 1.54) is 4.90 Å². The topological polar surface area (TPSA) is 87.7 Å². The first-order valence-corrected chi connectivity index (χ1v) is 12.6. The van der Waals surface area contributed by atoms with E-state index in [2.05, 4.69) is 23.5 Å². The molecule has 0 aliphatic heterocycles. The van der Waals surface area contributed by atoms with Crippen LogP contribution in [0.4, 0.5) is 4.79 Å². The average molecular weight is 486 g/mol. The Morgan fingerprint density at radius 1 is 1.11 bits per heavy atom. The van der Waals surface area contributed by atoms with E-state index < -0.39 is 23.8 Å². The summed E-state index contributed by atoms with van der Waals surface area (Å²) in [4.78, 5) is 41.4. The summed E-state index contributed by atoms with van der Waals surface area (Å²) in [7, 11) is 0. The molecule has 0 saturated heterocycles. The molecule has 7 heteroatoms. The first-order chi connectivity index (χ1) is 16.5. The molecule has 3 unspecified atom stereocenters. The number of carbonyl (C=O) groups is 3. The highest BCUT2D eigenvalue weighted by Gasteiger charge is 2.38. The zero-order chi connectivity index (χ0) is 26.6. The van der Waals surface area contributed by atoms with Crippen LogP contribution < -0.4 is 10.6 Å². The molecule has 0 bridgehead atoms. The number of alkyl carbamates (subject to hydrolysis) is 1. The number of unbranched alkanes of at least 4 members (excludes halogenated alkanes) is 2. The Kier molecular flexibility index (Phi) is 12.4. The predicted octanol–water partition coefficient (Wildman–Crippen LogP) is 4.80. The van der Waals surface area contributed by atoms with Crippen molar-refractivity contribution in [2.45, 2.75) is 91.8 Å². The summed E-state index contributed by atoms with van der Waals surface area (Å²) in [5.41, 5.74) is 0.426. The lowest BCUT2D eigenvalue weighted by Crippen LogP contribution is -2.55. The standard InChI is InChI=1S/C28H43N3O4/c1-9-13-16-19-29-25(32)24(22-18-15-14-17-21(22)11-3)31(12-4)26(33)23(20(5)10-2)30-27(34)35-28(6,7)8/h3,14-15,17-18,20,23-24H,9-10,12-13,16,19H2,1-2,4-8H3,(H,29,32)(H,30,34). The van der Waals surface area contributed by atoms with Crippen molar-refractivity contribution in [2.75, 3.05) is 13.1 Å². The first kappa shape index (κ1) is 30.0. The Labute approximate surface area is 211 Å². The molecule has 3 amide bonds. The third kappa shape index (κ3) is 9.28. The molecule has 0 aliphatic carbocycles. The summed E-state index contributed by atoms with van der Waals surface area (Å²) < 4.78 is 5.40. The lowest BCUT2D eigenvalue weighted by molar-refractivity contribution is -0.143. The molecule has 1 aromatic rings. The zero-order valence-electron chi connectivity index (χ0n) is 22.4. The molecule has 0 radical (unpaired) electrons. The highest BCUT2D eigenvalue weighted by atomic mass is 16.6. The summed E-state index contributed by atoms with van der Waals surface area (Å²) in [5, 5.41) is 5.73. The fraction of sp³-hybridized carbons (Fsp3) is 0.607. The Morgan fingerprint density at radius 3 is 2.31 bits per heavy atom. The smallest absolute Gasteiger partial charge is 0.408 e. The first-order valence-electron chi connectivity index (χ1n) is 12.6. The molecular weight excluding hydrogens is 442 g/mol. The van der Waals surface area contributed by atoms with Crippen LogP contribution >= 0.6 is 0 Å². The summed E-state index contributed by atoms with van der Waals surface area (Å²) in [6, 6.07) is 5.36. The second-order valence-electron chi connectivity index (χ2n) is 9.77. The lowest BCUT2D eigenvalue weighted by Gasteiger charge is -2.35. The third-order valence-corrected chi connectivity index (χ3v) is 5.83. The molecule has 0 aliphatic rings. The number of nitrogens with one attached hydrogen (secondary N) is 2. The van der Waals surface area contributed by atoms with Gasteiger partial charge >= 0.3 is 6.09 Å². The average Bonchev–Trinajstić information content (AvgIpc) is 2.81. The second kappa shape index (κ2) is 14.4. The van der Waals surface area contributed by atoms with Crippen LogP contribution in [0.1, 0.15) is 91.3 Å². The van der Waals surface area contributed by atoms with Gasteiger partial charge in [-0.1, -0.05) is 64.2 Å². The van der Waals surface area contributed by atoms with E-state index in [1.54, 1.807) is 45.0 Å². The van der Waals surface area contributed by atoms with Gasteiger partial charge in [-0.25, -0.2) is 4.79 Å². The van der Waals surface area contributed by atoms with Crippen molar-refractivity contribution in [3.8, 4) is 12.3 Å². The van der Waals surface area contributed by atoms with Crippen LogP contribution in [-0.4, -0.2) is 47.5 Å². The maximum atomic E-state index is 13.9. The molecule has 2 N–H and O–H groups in total. The molecule has 1 rings (SSSR count). The van der Waals surface area contributed by atoms with Crippen LogP contribution in [0.2, 0.25) is 0 Å². The van der Waals surface area contributed by atoms with Gasteiger partial charge in [-0.05, 0) is 51.7 Å². The van der Waals surface area contributed by atoms with Crippen molar-refractivity contribution < 1.29 is 19.1 Å². The molecule has 0 aromatic heterocycles. The summed E-state index contributed by atoms with van der Waals surface area (Å²) >= 11 is 0. The second-order valence-corrected chi connectivity index (χ2v) is 9.77. The number of nitrogens with zero attached hydrogens (tertiary/aromatic N) is 1. The number of terminal acetylenes is 1. The van der Waals surface area contributed by atoms with Crippen LogP contribution in [0.15, 0.2) is 24.3 Å². The van der Waals surface area contributed by atoms with Crippen molar-refractivity contribution in [2.24, 2.45) is 5.92 Å². The van der Waals surface area contributed by atoms with Gasteiger partial charge in [0, 0.05) is 18.7 Å². The molecule has 0 fully saturated rings. The van der Waals surface area contributed by atoms with Gasteiger partial charge in [0.2, 0.25) is 11.8 Å². The molecule has 194 valence electrons. The number of amides is 3. The normalized spacial score (nSPS) is 13.7. The van der Waals surface area contributed by atoms with Crippen molar-refractivity contribution in [1.29, 1.82) is 0 Å². The minimum atomic E-state index is -0.923. The number of hydrogen-bond acceptors (Lipinski definition) is 4. The summed E-state index contributed by atoms with van der Waals surface area (Å²) in [5.74, 6) is 1.81. The van der Waals surface area contributed by atoms with Crippen LogP contribution in [0.5, 0.6) is 0 Å².